The Bertz CT molecular complexity index is 1120. The van der Waals surface area contributed by atoms with Gasteiger partial charge >= 0.3 is 6.18 Å². The van der Waals surface area contributed by atoms with Crippen molar-refractivity contribution < 1.29 is 17.4 Å². The van der Waals surface area contributed by atoms with Crippen LogP contribution in [0.3, 0.4) is 0 Å². The molecule has 0 radical (unpaired) electrons. The molecule has 0 aromatic carbocycles. The van der Waals surface area contributed by atoms with E-state index in [9.17, 15) is 22.6 Å². The van der Waals surface area contributed by atoms with Crippen molar-refractivity contribution in [3.63, 3.8) is 0 Å². The summed E-state index contributed by atoms with van der Waals surface area (Å²) in [5, 5.41) is 9.36. The van der Waals surface area contributed by atoms with Crippen molar-refractivity contribution in [3.8, 4) is 17.6 Å². The summed E-state index contributed by atoms with van der Waals surface area (Å²) < 4.78 is 52.9. The van der Waals surface area contributed by atoms with E-state index in [2.05, 4.69) is 15.0 Å². The summed E-state index contributed by atoms with van der Waals surface area (Å²) in [6.45, 7) is 1.72. The van der Waals surface area contributed by atoms with E-state index in [0.717, 1.165) is 6.07 Å². The van der Waals surface area contributed by atoms with Crippen LogP contribution < -0.4 is 0 Å². The lowest BCUT2D eigenvalue weighted by molar-refractivity contribution is -0.141. The van der Waals surface area contributed by atoms with E-state index in [0.29, 0.717) is 10.6 Å². The Morgan fingerprint density at radius 1 is 1.30 bits per heavy atom. The molecule has 1 atom stereocenters. The van der Waals surface area contributed by atoms with E-state index < -0.39 is 28.4 Å². The van der Waals surface area contributed by atoms with Gasteiger partial charge in [-0.15, -0.1) is 0 Å². The molecule has 0 spiro atoms. The zero-order valence-electron chi connectivity index (χ0n) is 14.0. The van der Waals surface area contributed by atoms with Crippen LogP contribution in [0.5, 0.6) is 0 Å². The van der Waals surface area contributed by atoms with Crippen molar-refractivity contribution in [1.29, 1.82) is 5.26 Å². The summed E-state index contributed by atoms with van der Waals surface area (Å²) in [4.78, 5) is 12.1. The first-order valence-corrected chi connectivity index (χ1v) is 9.27. The van der Waals surface area contributed by atoms with Gasteiger partial charge in [0.25, 0.3) is 0 Å². The van der Waals surface area contributed by atoms with Gasteiger partial charge < -0.3 is 4.57 Å². The highest BCUT2D eigenvalue weighted by Gasteiger charge is 2.34. The van der Waals surface area contributed by atoms with Crippen LogP contribution >= 0.6 is 11.6 Å². The maximum absolute atomic E-state index is 13.1. The Labute approximate surface area is 159 Å². The fourth-order valence-electron chi connectivity index (χ4n) is 2.59. The number of pyridine rings is 2. The van der Waals surface area contributed by atoms with Gasteiger partial charge in [0, 0.05) is 12.8 Å². The molecule has 0 fully saturated rings. The Morgan fingerprint density at radius 2 is 2.00 bits per heavy atom. The van der Waals surface area contributed by atoms with Gasteiger partial charge in [0.1, 0.15) is 28.1 Å². The number of aromatic nitrogens is 4. The second kappa shape index (κ2) is 6.90. The molecule has 140 valence electrons. The van der Waals surface area contributed by atoms with Gasteiger partial charge in [-0.3, -0.25) is 4.21 Å². The maximum Gasteiger partial charge on any atom is 0.433 e. The standard InChI is InChI=1S/C16H11ClF3N5OS/c1-3-27(26)10-4-5-12(17)24-13(10)15-23-8-6-11(16(18,19)20)22-9(7-21)14(8)25(15)2/h4-6H,3H2,1-2H3. The summed E-state index contributed by atoms with van der Waals surface area (Å²) in [6.07, 6.45) is -4.72. The van der Waals surface area contributed by atoms with Crippen LogP contribution in [0.4, 0.5) is 13.2 Å². The van der Waals surface area contributed by atoms with Crippen LogP contribution in [0.2, 0.25) is 5.15 Å². The minimum atomic E-state index is -4.72. The fourth-order valence-corrected chi connectivity index (χ4v) is 3.62. The van der Waals surface area contributed by atoms with Crippen LogP contribution in [-0.4, -0.2) is 29.5 Å². The SMILES string of the molecule is CCS(=O)c1ccc(Cl)nc1-c1nc2cc(C(F)(F)F)nc(C#N)c2n1C. The molecule has 27 heavy (non-hydrogen) atoms. The first kappa shape index (κ1) is 19.3. The third kappa shape index (κ3) is 3.40. The highest BCUT2D eigenvalue weighted by molar-refractivity contribution is 7.85. The number of rotatable bonds is 3. The molecule has 0 N–H and O–H groups in total. The van der Waals surface area contributed by atoms with Crippen molar-refractivity contribution in [2.45, 2.75) is 18.0 Å². The van der Waals surface area contributed by atoms with E-state index in [4.69, 9.17) is 11.6 Å². The number of fused-ring (bicyclic) bond motifs is 1. The number of nitriles is 1. The van der Waals surface area contributed by atoms with Crippen LogP contribution in [0.1, 0.15) is 18.3 Å². The second-order valence-corrected chi connectivity index (χ2v) is 7.54. The molecule has 3 rings (SSSR count). The summed E-state index contributed by atoms with van der Waals surface area (Å²) in [6, 6.07) is 5.44. The number of hydrogen-bond acceptors (Lipinski definition) is 5. The fraction of sp³-hybridized carbons (Fsp3) is 0.250. The molecule has 3 heterocycles. The van der Waals surface area contributed by atoms with Gasteiger partial charge in [0.15, 0.2) is 11.5 Å². The molecule has 3 aromatic heterocycles. The zero-order chi connectivity index (χ0) is 19.9. The third-order valence-electron chi connectivity index (χ3n) is 3.79. The molecule has 0 aliphatic heterocycles. The Balaban J connectivity index is 2.36. The first-order chi connectivity index (χ1) is 12.7. The molecule has 0 saturated heterocycles. The van der Waals surface area contributed by atoms with Crippen molar-refractivity contribution in [2.24, 2.45) is 7.05 Å². The Kier molecular flexibility index (Phi) is 4.92. The summed E-state index contributed by atoms with van der Waals surface area (Å²) in [5.74, 6) is 0.450. The van der Waals surface area contributed by atoms with Gasteiger partial charge in [-0.2, -0.15) is 18.4 Å². The van der Waals surface area contributed by atoms with Gasteiger partial charge in [-0.05, 0) is 18.2 Å². The smallest absolute Gasteiger partial charge is 0.323 e. The van der Waals surface area contributed by atoms with Crippen molar-refractivity contribution in [1.82, 2.24) is 19.5 Å². The van der Waals surface area contributed by atoms with Crippen LogP contribution in [0.25, 0.3) is 22.6 Å². The number of hydrogen-bond donors (Lipinski definition) is 0. The van der Waals surface area contributed by atoms with Crippen molar-refractivity contribution in [3.05, 3.63) is 34.7 Å². The number of aryl methyl sites for hydroxylation is 1. The van der Waals surface area contributed by atoms with E-state index in [1.165, 1.54) is 23.7 Å². The molecule has 3 aromatic rings. The molecule has 6 nitrogen and oxygen atoms in total. The largest absolute Gasteiger partial charge is 0.433 e. The topological polar surface area (TPSA) is 84.5 Å². The quantitative estimate of drug-likeness (QED) is 0.611. The number of imidazole rings is 1. The Hall–Kier alpha value is -2.51. The summed E-state index contributed by atoms with van der Waals surface area (Å²) in [7, 11) is 0.114. The Morgan fingerprint density at radius 3 is 2.59 bits per heavy atom. The van der Waals surface area contributed by atoms with E-state index in [1.54, 1.807) is 13.0 Å². The minimum Gasteiger partial charge on any atom is -0.323 e. The molecular formula is C16H11ClF3N5OS. The molecular weight excluding hydrogens is 403 g/mol. The van der Waals surface area contributed by atoms with Crippen LogP contribution in [0.15, 0.2) is 23.1 Å². The summed E-state index contributed by atoms with van der Waals surface area (Å²) in [5.41, 5.74) is -1.40. The lowest BCUT2D eigenvalue weighted by Crippen LogP contribution is -2.09. The van der Waals surface area contributed by atoms with Gasteiger partial charge in [0.2, 0.25) is 0 Å². The van der Waals surface area contributed by atoms with Crippen LogP contribution in [0, 0.1) is 11.3 Å². The zero-order valence-corrected chi connectivity index (χ0v) is 15.6. The predicted molar refractivity (Wildman–Crippen MR) is 93.4 cm³/mol. The minimum absolute atomic E-state index is 0.0682. The van der Waals surface area contributed by atoms with Crippen LogP contribution in [-0.2, 0) is 24.0 Å². The van der Waals surface area contributed by atoms with Gasteiger partial charge in [0.05, 0.1) is 21.2 Å². The normalized spacial score (nSPS) is 12.9. The summed E-state index contributed by atoms with van der Waals surface area (Å²) >= 11 is 5.95. The molecule has 0 aliphatic carbocycles. The monoisotopic (exact) mass is 413 g/mol. The van der Waals surface area contributed by atoms with Gasteiger partial charge in [-0.1, -0.05) is 18.5 Å². The van der Waals surface area contributed by atoms with Crippen molar-refractivity contribution >= 4 is 33.4 Å². The highest BCUT2D eigenvalue weighted by atomic mass is 35.5. The number of nitrogens with zero attached hydrogens (tertiary/aromatic N) is 5. The molecule has 0 bridgehead atoms. The molecule has 0 aliphatic rings. The first-order valence-electron chi connectivity index (χ1n) is 7.57. The average molecular weight is 414 g/mol. The van der Waals surface area contributed by atoms with Crippen molar-refractivity contribution in [2.75, 3.05) is 5.75 Å². The lowest BCUT2D eigenvalue weighted by atomic mass is 10.2. The molecule has 1 unspecified atom stereocenters. The maximum atomic E-state index is 13.1. The lowest BCUT2D eigenvalue weighted by Gasteiger charge is -2.08. The second-order valence-electron chi connectivity index (χ2n) is 5.44. The van der Waals surface area contributed by atoms with E-state index >= 15 is 0 Å². The molecule has 0 saturated carbocycles. The third-order valence-corrected chi connectivity index (χ3v) is 5.35. The van der Waals surface area contributed by atoms with E-state index in [1.807, 2.05) is 0 Å². The predicted octanol–water partition coefficient (Wildman–Crippen LogP) is 3.70. The van der Waals surface area contributed by atoms with Gasteiger partial charge in [-0.25, -0.2) is 15.0 Å². The number of alkyl halides is 3. The van der Waals surface area contributed by atoms with E-state index in [-0.39, 0.29) is 27.7 Å². The average Bonchev–Trinajstić information content (AvgIpc) is 2.96. The highest BCUT2D eigenvalue weighted by Crippen LogP contribution is 2.33. The molecule has 11 heteroatoms. The number of halogens is 4. The molecule has 0 amide bonds.